The summed E-state index contributed by atoms with van der Waals surface area (Å²) in [5.41, 5.74) is 4.44. The first-order valence-corrected chi connectivity index (χ1v) is 4.52. The minimum atomic E-state index is -0.458. The lowest BCUT2D eigenvalue weighted by Gasteiger charge is -2.19. The lowest BCUT2D eigenvalue weighted by molar-refractivity contribution is -0.154. The average Bonchev–Trinajstić information content (AvgIpc) is 1.94. The van der Waals surface area contributed by atoms with Gasteiger partial charge in [-0.3, -0.25) is 9.59 Å². The fourth-order valence-corrected chi connectivity index (χ4v) is 0.795. The van der Waals surface area contributed by atoms with Gasteiger partial charge in [0.05, 0.1) is 13.0 Å². The van der Waals surface area contributed by atoms with Gasteiger partial charge < -0.3 is 15.8 Å². The van der Waals surface area contributed by atoms with E-state index in [0.29, 0.717) is 6.54 Å². The second-order valence-electron chi connectivity index (χ2n) is 3.98. The van der Waals surface area contributed by atoms with Crippen molar-refractivity contribution >= 4 is 11.9 Å². The van der Waals surface area contributed by atoms with Crippen LogP contribution in [-0.4, -0.2) is 30.6 Å². The molecule has 0 radical (unpaired) electrons. The fraction of sp³-hybridized carbons (Fsp3) is 0.778. The molecule has 0 atom stereocenters. The maximum atomic E-state index is 11.1. The van der Waals surface area contributed by atoms with Gasteiger partial charge in [-0.1, -0.05) is 0 Å². The van der Waals surface area contributed by atoms with Gasteiger partial charge in [0, 0.05) is 6.54 Å². The third-order valence-corrected chi connectivity index (χ3v) is 1.23. The van der Waals surface area contributed by atoms with Gasteiger partial charge in [0.2, 0.25) is 5.91 Å². The van der Waals surface area contributed by atoms with Gasteiger partial charge >= 0.3 is 5.97 Å². The molecule has 0 aliphatic rings. The van der Waals surface area contributed by atoms with Gasteiger partial charge in [0.15, 0.2) is 0 Å². The number of carbonyl (C=O) groups is 2. The van der Waals surface area contributed by atoms with Crippen molar-refractivity contribution < 1.29 is 14.3 Å². The van der Waals surface area contributed by atoms with Crippen molar-refractivity contribution in [3.63, 3.8) is 0 Å². The third kappa shape index (κ3) is 8.99. The summed E-state index contributed by atoms with van der Waals surface area (Å²) in [6.07, 6.45) is 0.241. The van der Waals surface area contributed by atoms with Gasteiger partial charge in [-0.25, -0.2) is 0 Å². The first kappa shape index (κ1) is 12.9. The molecule has 5 heteroatoms. The van der Waals surface area contributed by atoms with Crippen molar-refractivity contribution in [3.05, 3.63) is 0 Å². The van der Waals surface area contributed by atoms with Gasteiger partial charge in [-0.15, -0.1) is 0 Å². The Bertz CT molecular complexity index is 209. The first-order valence-electron chi connectivity index (χ1n) is 4.52. The van der Waals surface area contributed by atoms with E-state index >= 15 is 0 Å². The molecule has 0 aromatic carbocycles. The van der Waals surface area contributed by atoms with Crippen LogP contribution in [0.1, 0.15) is 27.2 Å². The van der Waals surface area contributed by atoms with Gasteiger partial charge in [0.25, 0.3) is 0 Å². The fourth-order valence-electron chi connectivity index (χ4n) is 0.795. The Morgan fingerprint density at radius 3 is 2.36 bits per heavy atom. The van der Waals surface area contributed by atoms with E-state index in [1.807, 2.05) is 20.8 Å². The zero-order valence-corrected chi connectivity index (χ0v) is 8.92. The molecule has 0 heterocycles. The van der Waals surface area contributed by atoms with Crippen molar-refractivity contribution in [1.29, 1.82) is 0 Å². The summed E-state index contributed by atoms with van der Waals surface area (Å²) in [5.74, 6) is -0.719. The summed E-state index contributed by atoms with van der Waals surface area (Å²) in [7, 11) is 0. The molecule has 0 unspecified atom stereocenters. The maximum Gasteiger partial charge on any atom is 0.307 e. The average molecular weight is 202 g/mol. The Morgan fingerprint density at radius 2 is 1.93 bits per heavy atom. The number of ether oxygens (including phenoxy) is 1. The molecule has 14 heavy (non-hydrogen) atoms. The second-order valence-corrected chi connectivity index (χ2v) is 3.98. The Balaban J connectivity index is 3.50. The van der Waals surface area contributed by atoms with Crippen LogP contribution in [-0.2, 0) is 14.3 Å². The second kappa shape index (κ2) is 5.59. The van der Waals surface area contributed by atoms with E-state index in [1.165, 1.54) is 0 Å². The van der Waals surface area contributed by atoms with E-state index < -0.39 is 11.5 Å². The molecule has 0 fully saturated rings. The van der Waals surface area contributed by atoms with Gasteiger partial charge in [-0.05, 0) is 20.8 Å². The zero-order valence-electron chi connectivity index (χ0n) is 8.92. The topological polar surface area (TPSA) is 81.4 Å². The lowest BCUT2D eigenvalue weighted by Crippen LogP contribution is -2.31. The molecule has 0 aromatic rings. The molecule has 0 rings (SSSR count). The Hall–Kier alpha value is -1.10. The smallest absolute Gasteiger partial charge is 0.307 e. The number of carbonyl (C=O) groups excluding carboxylic acids is 2. The van der Waals surface area contributed by atoms with Crippen LogP contribution >= 0.6 is 0 Å². The number of esters is 1. The molecule has 3 N–H and O–H groups in total. The molecule has 0 bridgehead atoms. The number of primary amides is 1. The van der Waals surface area contributed by atoms with Crippen LogP contribution in [0.3, 0.4) is 0 Å². The summed E-state index contributed by atoms with van der Waals surface area (Å²) in [5, 5.41) is 2.73. The summed E-state index contributed by atoms with van der Waals surface area (Å²) >= 11 is 0. The predicted molar refractivity (Wildman–Crippen MR) is 52.5 cm³/mol. The summed E-state index contributed by atoms with van der Waals surface area (Å²) in [6, 6.07) is 0. The van der Waals surface area contributed by atoms with Crippen molar-refractivity contribution in [3.8, 4) is 0 Å². The predicted octanol–water partition coefficient (Wildman–Crippen LogP) is -0.207. The highest BCUT2D eigenvalue weighted by molar-refractivity contribution is 5.76. The maximum absolute atomic E-state index is 11.1. The summed E-state index contributed by atoms with van der Waals surface area (Å²) < 4.78 is 5.05. The zero-order chi connectivity index (χ0) is 11.2. The van der Waals surface area contributed by atoms with Gasteiger partial charge in [-0.2, -0.15) is 0 Å². The van der Waals surface area contributed by atoms with Crippen molar-refractivity contribution in [2.45, 2.75) is 32.8 Å². The molecular formula is C9H18N2O3. The molecule has 0 aromatic heterocycles. The molecule has 0 saturated heterocycles. The van der Waals surface area contributed by atoms with Crippen LogP contribution in [0.2, 0.25) is 0 Å². The monoisotopic (exact) mass is 202 g/mol. The first-order chi connectivity index (χ1) is 6.31. The number of amides is 1. The number of hydrogen-bond acceptors (Lipinski definition) is 4. The van der Waals surface area contributed by atoms with Crippen molar-refractivity contribution in [2.75, 3.05) is 13.1 Å². The third-order valence-electron chi connectivity index (χ3n) is 1.23. The SMILES string of the molecule is CC(C)(C)OC(=O)CCNCC(N)=O. The highest BCUT2D eigenvalue weighted by atomic mass is 16.6. The van der Waals surface area contributed by atoms with Crippen LogP contribution in [0.25, 0.3) is 0 Å². The summed E-state index contributed by atoms with van der Waals surface area (Å²) in [4.78, 5) is 21.4. The van der Waals surface area contributed by atoms with Gasteiger partial charge in [0.1, 0.15) is 5.60 Å². The van der Waals surface area contributed by atoms with Crippen LogP contribution in [0.15, 0.2) is 0 Å². The largest absolute Gasteiger partial charge is 0.460 e. The molecule has 5 nitrogen and oxygen atoms in total. The minimum absolute atomic E-state index is 0.0861. The molecule has 0 aliphatic carbocycles. The molecule has 0 aliphatic heterocycles. The standard InChI is InChI=1S/C9H18N2O3/c1-9(2,3)14-8(13)4-5-11-6-7(10)12/h11H,4-6H2,1-3H3,(H2,10,12). The van der Waals surface area contributed by atoms with Crippen LogP contribution in [0.4, 0.5) is 0 Å². The van der Waals surface area contributed by atoms with Crippen molar-refractivity contribution in [2.24, 2.45) is 5.73 Å². The van der Waals surface area contributed by atoms with E-state index in [2.05, 4.69) is 5.32 Å². The number of nitrogens with one attached hydrogen (secondary N) is 1. The minimum Gasteiger partial charge on any atom is -0.460 e. The van der Waals surface area contributed by atoms with Crippen LogP contribution < -0.4 is 11.1 Å². The Kier molecular flexibility index (Phi) is 5.15. The molecule has 0 saturated carbocycles. The van der Waals surface area contributed by atoms with E-state index in [-0.39, 0.29) is 18.9 Å². The highest BCUT2D eigenvalue weighted by Crippen LogP contribution is 2.07. The number of hydrogen-bond donors (Lipinski definition) is 2. The normalized spacial score (nSPS) is 11.1. The van der Waals surface area contributed by atoms with E-state index in [4.69, 9.17) is 10.5 Å². The Morgan fingerprint density at radius 1 is 1.36 bits per heavy atom. The highest BCUT2D eigenvalue weighted by Gasteiger charge is 2.15. The Labute approximate surface area is 84.0 Å². The molecule has 0 spiro atoms. The quantitative estimate of drug-likeness (QED) is 0.477. The molecular weight excluding hydrogens is 184 g/mol. The van der Waals surface area contributed by atoms with Crippen LogP contribution in [0, 0.1) is 0 Å². The number of rotatable bonds is 5. The van der Waals surface area contributed by atoms with E-state index in [0.717, 1.165) is 0 Å². The molecule has 82 valence electrons. The molecule has 1 amide bonds. The number of nitrogens with two attached hydrogens (primary N) is 1. The van der Waals surface area contributed by atoms with E-state index in [9.17, 15) is 9.59 Å². The lowest BCUT2D eigenvalue weighted by atomic mass is 10.2. The van der Waals surface area contributed by atoms with Crippen molar-refractivity contribution in [1.82, 2.24) is 5.32 Å². The summed E-state index contributed by atoms with van der Waals surface area (Å²) in [6.45, 7) is 5.91. The van der Waals surface area contributed by atoms with Crippen LogP contribution in [0.5, 0.6) is 0 Å². The van der Waals surface area contributed by atoms with E-state index in [1.54, 1.807) is 0 Å².